The molecule has 0 spiro atoms. The summed E-state index contributed by atoms with van der Waals surface area (Å²) in [7, 11) is 1.48. The molecule has 0 rings (SSSR count). The smallest absolute Gasteiger partial charge is 0.326 e. The third kappa shape index (κ3) is 14.3. The molecule has 5 atom stereocenters. The zero-order valence-electron chi connectivity index (χ0n) is 24.9. The van der Waals surface area contributed by atoms with Gasteiger partial charge in [-0.1, -0.05) is 67.2 Å². The topological polar surface area (TPSA) is 162 Å². The number of hydrogen-bond donors (Lipinski definition) is 5. The Labute approximate surface area is 239 Å². The molecule has 0 aliphatic carbocycles. The van der Waals surface area contributed by atoms with Crippen molar-refractivity contribution in [1.82, 2.24) is 15.5 Å². The van der Waals surface area contributed by atoms with E-state index in [2.05, 4.69) is 10.6 Å². The highest BCUT2D eigenvalue weighted by molar-refractivity contribution is 6.17. The number of carbonyl (C=O) groups excluding carboxylic acids is 3. The van der Waals surface area contributed by atoms with E-state index in [-0.39, 0.29) is 24.2 Å². The van der Waals surface area contributed by atoms with Crippen LogP contribution in [0, 0.1) is 17.8 Å². The van der Waals surface area contributed by atoms with Gasteiger partial charge < -0.3 is 31.5 Å². The summed E-state index contributed by atoms with van der Waals surface area (Å²) in [6.45, 7) is 11.0. The Bertz CT molecular complexity index is 764. The van der Waals surface area contributed by atoms with Gasteiger partial charge in [-0.05, 0) is 43.4 Å². The Kier molecular flexibility index (Phi) is 18.3. The summed E-state index contributed by atoms with van der Waals surface area (Å²) >= 11 is 5.69. The SMILES string of the molecule is CC(C)C[C@@H](NC(=O)[C@@H](O)[C@@H](N)CCCCCCCCl)C(=O)N(C)[C@@H](CC(C)C)C(=O)N[C@@H](C(=O)O)C(C)C. The van der Waals surface area contributed by atoms with E-state index in [9.17, 15) is 29.4 Å². The van der Waals surface area contributed by atoms with Crippen molar-refractivity contribution in [2.45, 2.75) is 123 Å². The minimum absolute atomic E-state index is 0.0289. The fourth-order valence-electron chi connectivity index (χ4n) is 4.36. The number of amides is 3. The van der Waals surface area contributed by atoms with E-state index in [1.165, 1.54) is 11.9 Å². The molecule has 0 aromatic carbocycles. The van der Waals surface area contributed by atoms with Crippen LogP contribution in [0.5, 0.6) is 0 Å². The number of carboxylic acids is 1. The summed E-state index contributed by atoms with van der Waals surface area (Å²) in [5, 5.41) is 25.3. The Hall–Kier alpha value is -1.91. The summed E-state index contributed by atoms with van der Waals surface area (Å²) in [6, 6.07) is -3.79. The van der Waals surface area contributed by atoms with Crippen molar-refractivity contribution in [2.24, 2.45) is 23.5 Å². The summed E-state index contributed by atoms with van der Waals surface area (Å²) in [4.78, 5) is 52.5. The highest BCUT2D eigenvalue weighted by atomic mass is 35.5. The number of alkyl halides is 1. The predicted molar refractivity (Wildman–Crippen MR) is 154 cm³/mol. The van der Waals surface area contributed by atoms with E-state index < -0.39 is 54.0 Å². The molecule has 0 heterocycles. The average Bonchev–Trinajstić information content (AvgIpc) is 2.84. The van der Waals surface area contributed by atoms with Crippen LogP contribution in [0.25, 0.3) is 0 Å². The predicted octanol–water partition coefficient (Wildman–Crippen LogP) is 2.88. The Morgan fingerprint density at radius 2 is 1.38 bits per heavy atom. The highest BCUT2D eigenvalue weighted by Gasteiger charge is 2.36. The molecule has 11 heteroatoms. The number of aliphatic carboxylic acids is 1. The third-order valence-corrected chi connectivity index (χ3v) is 6.98. The largest absolute Gasteiger partial charge is 0.480 e. The van der Waals surface area contributed by atoms with Crippen molar-refractivity contribution >= 4 is 35.3 Å². The van der Waals surface area contributed by atoms with Crippen LogP contribution in [0.4, 0.5) is 0 Å². The quantitative estimate of drug-likeness (QED) is 0.110. The summed E-state index contributed by atoms with van der Waals surface area (Å²) < 4.78 is 0. The first-order chi connectivity index (χ1) is 18.1. The molecular weight excluding hydrogens is 524 g/mol. The van der Waals surface area contributed by atoms with E-state index >= 15 is 0 Å². The van der Waals surface area contributed by atoms with Crippen LogP contribution in [0.15, 0.2) is 0 Å². The lowest BCUT2D eigenvalue weighted by Gasteiger charge is -2.33. The maximum absolute atomic E-state index is 13.6. The van der Waals surface area contributed by atoms with Gasteiger partial charge in [0, 0.05) is 19.0 Å². The van der Waals surface area contributed by atoms with Gasteiger partial charge in [0.25, 0.3) is 5.91 Å². The lowest BCUT2D eigenvalue weighted by atomic mass is 9.97. The van der Waals surface area contributed by atoms with Gasteiger partial charge in [-0.3, -0.25) is 14.4 Å². The average molecular weight is 577 g/mol. The maximum atomic E-state index is 13.6. The molecule has 0 aliphatic rings. The van der Waals surface area contributed by atoms with Crippen LogP contribution in [0.3, 0.4) is 0 Å². The molecular formula is C28H53ClN4O6. The number of hydrogen-bond acceptors (Lipinski definition) is 6. The number of nitrogens with two attached hydrogens (primary N) is 1. The molecule has 0 bridgehead atoms. The second-order valence-corrected chi connectivity index (χ2v) is 12.1. The first kappa shape index (κ1) is 37.1. The van der Waals surface area contributed by atoms with E-state index in [1.807, 2.05) is 27.7 Å². The van der Waals surface area contributed by atoms with Gasteiger partial charge in [-0.25, -0.2) is 4.79 Å². The van der Waals surface area contributed by atoms with Gasteiger partial charge in [0.2, 0.25) is 11.8 Å². The first-order valence-corrected chi connectivity index (χ1v) is 14.8. The van der Waals surface area contributed by atoms with E-state index in [1.54, 1.807) is 13.8 Å². The van der Waals surface area contributed by atoms with E-state index in [0.717, 1.165) is 32.1 Å². The molecule has 39 heavy (non-hydrogen) atoms. The second kappa shape index (κ2) is 19.2. The molecule has 0 aromatic heterocycles. The number of aliphatic hydroxyl groups excluding tert-OH is 1. The van der Waals surface area contributed by atoms with Crippen molar-refractivity contribution < 1.29 is 29.4 Å². The zero-order valence-corrected chi connectivity index (χ0v) is 25.7. The number of aliphatic hydroxyl groups is 1. The number of nitrogens with one attached hydrogen (secondary N) is 2. The van der Waals surface area contributed by atoms with Gasteiger partial charge in [0.05, 0.1) is 0 Å². The monoisotopic (exact) mass is 576 g/mol. The minimum Gasteiger partial charge on any atom is -0.480 e. The van der Waals surface area contributed by atoms with Gasteiger partial charge in [-0.15, -0.1) is 11.6 Å². The molecule has 3 amide bonds. The Morgan fingerprint density at radius 1 is 0.846 bits per heavy atom. The lowest BCUT2D eigenvalue weighted by molar-refractivity contribution is -0.147. The van der Waals surface area contributed by atoms with Crippen LogP contribution in [0.1, 0.15) is 92.9 Å². The standard InChI is InChI=1S/C28H53ClN4O6/c1-17(2)15-21(31-26(36)24(34)20(30)13-11-9-8-10-12-14-29)27(37)33(7)22(16-18(3)4)25(35)32-23(19(5)6)28(38)39/h17-24,34H,8-16,30H2,1-7H3,(H,31,36)(H,32,35)(H,38,39)/t20-,21+,22-,23+,24-/m0/s1. The van der Waals surface area contributed by atoms with Crippen LogP contribution in [-0.2, 0) is 19.2 Å². The molecule has 0 radical (unpaired) electrons. The number of nitrogens with zero attached hydrogens (tertiary/aromatic N) is 1. The van der Waals surface area contributed by atoms with Crippen LogP contribution >= 0.6 is 11.6 Å². The van der Waals surface area contributed by atoms with Gasteiger partial charge in [0.15, 0.2) is 0 Å². The number of carboxylic acid groups (broad SMARTS) is 1. The van der Waals surface area contributed by atoms with E-state index in [0.29, 0.717) is 18.7 Å². The number of unbranched alkanes of at least 4 members (excludes halogenated alkanes) is 4. The van der Waals surface area contributed by atoms with E-state index in [4.69, 9.17) is 17.3 Å². The molecule has 0 saturated carbocycles. The molecule has 0 aromatic rings. The Balaban J connectivity index is 5.53. The summed E-state index contributed by atoms with van der Waals surface area (Å²) in [6.07, 6.45) is 4.27. The van der Waals surface area contributed by atoms with Crippen LogP contribution in [-0.4, -0.2) is 82.0 Å². The molecule has 0 aliphatic heterocycles. The van der Waals surface area contributed by atoms with Crippen LogP contribution in [0.2, 0.25) is 0 Å². The maximum Gasteiger partial charge on any atom is 0.326 e. The number of rotatable bonds is 20. The zero-order chi connectivity index (χ0) is 30.3. The van der Waals surface area contributed by atoms with Crippen LogP contribution < -0.4 is 16.4 Å². The number of halogens is 1. The first-order valence-electron chi connectivity index (χ1n) is 14.2. The van der Waals surface area contributed by atoms with Crippen molar-refractivity contribution in [3.63, 3.8) is 0 Å². The lowest BCUT2D eigenvalue weighted by Crippen LogP contribution is -2.58. The summed E-state index contributed by atoms with van der Waals surface area (Å²) in [5.41, 5.74) is 6.08. The van der Waals surface area contributed by atoms with Crippen molar-refractivity contribution in [2.75, 3.05) is 12.9 Å². The van der Waals surface area contributed by atoms with Gasteiger partial charge in [-0.2, -0.15) is 0 Å². The number of carbonyl (C=O) groups is 4. The molecule has 228 valence electrons. The third-order valence-electron chi connectivity index (χ3n) is 6.71. The molecule has 6 N–H and O–H groups in total. The summed E-state index contributed by atoms with van der Waals surface area (Å²) in [5.74, 6) is -2.59. The fraction of sp³-hybridized carbons (Fsp3) is 0.857. The number of likely N-dealkylation sites (N-methyl/N-ethyl adjacent to an activating group) is 1. The van der Waals surface area contributed by atoms with Gasteiger partial charge in [0.1, 0.15) is 24.2 Å². The van der Waals surface area contributed by atoms with Crippen molar-refractivity contribution in [1.29, 1.82) is 0 Å². The van der Waals surface area contributed by atoms with Crippen molar-refractivity contribution in [3.8, 4) is 0 Å². The fourth-order valence-corrected chi connectivity index (χ4v) is 4.55. The van der Waals surface area contributed by atoms with Gasteiger partial charge >= 0.3 is 5.97 Å². The Morgan fingerprint density at radius 3 is 1.87 bits per heavy atom. The highest BCUT2D eigenvalue weighted by Crippen LogP contribution is 2.17. The minimum atomic E-state index is -1.47. The normalized spacial score (nSPS) is 15.5. The molecule has 0 unspecified atom stereocenters. The molecule has 0 fully saturated rings. The second-order valence-electron chi connectivity index (χ2n) is 11.7. The molecule has 10 nitrogen and oxygen atoms in total. The van der Waals surface area contributed by atoms with Crippen molar-refractivity contribution in [3.05, 3.63) is 0 Å². The molecule has 0 saturated heterocycles.